The summed E-state index contributed by atoms with van der Waals surface area (Å²) in [6.45, 7) is 5.68. The molecule has 0 bridgehead atoms. The Bertz CT molecular complexity index is 442. The van der Waals surface area contributed by atoms with Gasteiger partial charge in [0.15, 0.2) is 0 Å². The molecule has 100 valence electrons. The molecule has 0 saturated carbocycles. The van der Waals surface area contributed by atoms with E-state index in [4.69, 9.17) is 0 Å². The molecule has 6 heteroatoms. The Morgan fingerprint density at radius 2 is 2.11 bits per heavy atom. The maximum absolute atomic E-state index is 12.1. The summed E-state index contributed by atoms with van der Waals surface area (Å²) in [6.07, 6.45) is 1.93. The molecule has 5 nitrogen and oxygen atoms in total. The van der Waals surface area contributed by atoms with Crippen molar-refractivity contribution in [2.45, 2.75) is 33.2 Å². The van der Waals surface area contributed by atoms with Crippen LogP contribution in [0.2, 0.25) is 0 Å². The zero-order chi connectivity index (χ0) is 13.9. The third-order valence-corrected chi connectivity index (χ3v) is 3.50. The molecule has 0 aliphatic rings. The number of hydrogen-bond acceptors (Lipinski definition) is 4. The monoisotopic (exact) mass is 270 g/mol. The number of carboxylic acids is 1. The van der Waals surface area contributed by atoms with Gasteiger partial charge in [-0.05, 0) is 19.3 Å². The lowest BCUT2D eigenvalue weighted by Crippen LogP contribution is -2.43. The van der Waals surface area contributed by atoms with Crippen molar-refractivity contribution >= 4 is 23.2 Å². The van der Waals surface area contributed by atoms with Gasteiger partial charge >= 0.3 is 5.97 Å². The minimum Gasteiger partial charge on any atom is -0.480 e. The van der Waals surface area contributed by atoms with Crippen LogP contribution in [0.4, 0.5) is 0 Å². The molecule has 0 saturated heterocycles. The molecule has 1 amide bonds. The minimum absolute atomic E-state index is 0.213. The van der Waals surface area contributed by atoms with E-state index in [1.54, 1.807) is 0 Å². The van der Waals surface area contributed by atoms with Gasteiger partial charge in [-0.1, -0.05) is 13.8 Å². The molecule has 1 unspecified atom stereocenters. The average Bonchev–Trinajstić information content (AvgIpc) is 2.70. The number of carbonyl (C=O) groups excluding carboxylic acids is 1. The van der Waals surface area contributed by atoms with Crippen molar-refractivity contribution in [2.24, 2.45) is 5.92 Å². The van der Waals surface area contributed by atoms with Crippen LogP contribution in [-0.2, 0) is 4.79 Å². The maximum atomic E-state index is 12.1. The second kappa shape index (κ2) is 5.95. The average molecular weight is 270 g/mol. The van der Waals surface area contributed by atoms with Crippen molar-refractivity contribution in [3.05, 3.63) is 16.1 Å². The number of nitrogens with zero attached hydrogens (tertiary/aromatic N) is 2. The van der Waals surface area contributed by atoms with Crippen LogP contribution in [0.25, 0.3) is 0 Å². The highest BCUT2D eigenvalue weighted by Gasteiger charge is 2.28. The number of carboxylic acid groups (broad SMARTS) is 1. The van der Waals surface area contributed by atoms with Gasteiger partial charge < -0.3 is 10.0 Å². The number of thiazole rings is 1. The van der Waals surface area contributed by atoms with Crippen molar-refractivity contribution in [1.82, 2.24) is 9.88 Å². The van der Waals surface area contributed by atoms with Crippen molar-refractivity contribution in [1.29, 1.82) is 0 Å². The molecule has 1 aromatic rings. The first kappa shape index (κ1) is 14.6. The Balaban J connectivity index is 2.86. The third-order valence-electron chi connectivity index (χ3n) is 2.60. The molecule has 1 atom stereocenters. The first-order valence-electron chi connectivity index (χ1n) is 5.75. The van der Waals surface area contributed by atoms with Gasteiger partial charge in [0, 0.05) is 7.05 Å². The van der Waals surface area contributed by atoms with Crippen molar-refractivity contribution in [2.75, 3.05) is 7.05 Å². The summed E-state index contributed by atoms with van der Waals surface area (Å²) in [5.41, 5.74) is 0. The van der Waals surface area contributed by atoms with E-state index in [0.717, 1.165) is 5.01 Å². The summed E-state index contributed by atoms with van der Waals surface area (Å²) in [4.78, 5) is 29.1. The predicted molar refractivity (Wildman–Crippen MR) is 69.8 cm³/mol. The SMILES string of the molecule is Cc1ncc(C(=O)N(C)C(CC(C)C)C(=O)O)s1. The predicted octanol–water partition coefficient (Wildman–Crippen LogP) is 2.02. The van der Waals surface area contributed by atoms with Crippen LogP contribution in [0.3, 0.4) is 0 Å². The molecule has 1 rings (SSSR count). The molecule has 18 heavy (non-hydrogen) atoms. The van der Waals surface area contributed by atoms with E-state index in [1.165, 1.54) is 29.5 Å². The lowest BCUT2D eigenvalue weighted by molar-refractivity contribution is -0.142. The summed E-state index contributed by atoms with van der Waals surface area (Å²) in [7, 11) is 1.53. The van der Waals surface area contributed by atoms with Crippen LogP contribution in [0, 0.1) is 12.8 Å². The topological polar surface area (TPSA) is 70.5 Å². The smallest absolute Gasteiger partial charge is 0.326 e. The number of carbonyl (C=O) groups is 2. The summed E-state index contributed by atoms with van der Waals surface area (Å²) in [6, 6.07) is -0.792. The van der Waals surface area contributed by atoms with Crippen molar-refractivity contribution in [3.8, 4) is 0 Å². The Morgan fingerprint density at radius 3 is 2.50 bits per heavy atom. The normalized spacial score (nSPS) is 12.5. The lowest BCUT2D eigenvalue weighted by atomic mass is 10.0. The molecule has 1 N–H and O–H groups in total. The molecule has 0 fully saturated rings. The molecule has 0 spiro atoms. The first-order chi connectivity index (χ1) is 8.32. The van der Waals surface area contributed by atoms with Crippen LogP contribution in [-0.4, -0.2) is 40.0 Å². The van der Waals surface area contributed by atoms with Crippen LogP contribution >= 0.6 is 11.3 Å². The maximum Gasteiger partial charge on any atom is 0.326 e. The Hall–Kier alpha value is -1.43. The number of aromatic nitrogens is 1. The largest absolute Gasteiger partial charge is 0.480 e. The quantitative estimate of drug-likeness (QED) is 0.888. The second-order valence-corrected chi connectivity index (χ2v) is 5.88. The second-order valence-electron chi connectivity index (χ2n) is 4.64. The van der Waals surface area contributed by atoms with Gasteiger partial charge in [-0.2, -0.15) is 0 Å². The Morgan fingerprint density at radius 1 is 1.50 bits per heavy atom. The van der Waals surface area contributed by atoms with E-state index in [9.17, 15) is 14.7 Å². The van der Waals surface area contributed by atoms with E-state index in [-0.39, 0.29) is 11.8 Å². The van der Waals surface area contributed by atoms with Gasteiger partial charge in [0.2, 0.25) is 0 Å². The molecule has 1 aromatic heterocycles. The van der Waals surface area contributed by atoms with Gasteiger partial charge in [0.05, 0.1) is 11.2 Å². The van der Waals surface area contributed by atoms with Crippen LogP contribution in [0.15, 0.2) is 6.20 Å². The zero-order valence-corrected chi connectivity index (χ0v) is 11.8. The summed E-state index contributed by atoms with van der Waals surface area (Å²) in [5.74, 6) is -1.04. The molecule has 0 aliphatic heterocycles. The molecular formula is C12H18N2O3S. The summed E-state index contributed by atoms with van der Waals surface area (Å²) >= 11 is 1.28. The van der Waals surface area contributed by atoms with Crippen LogP contribution < -0.4 is 0 Å². The number of aliphatic carboxylic acids is 1. The fourth-order valence-corrected chi connectivity index (χ4v) is 2.41. The molecule has 1 heterocycles. The summed E-state index contributed by atoms with van der Waals surface area (Å²) in [5, 5.41) is 9.98. The van der Waals surface area contributed by atoms with E-state index >= 15 is 0 Å². The van der Waals surface area contributed by atoms with Crippen molar-refractivity contribution in [3.63, 3.8) is 0 Å². The zero-order valence-electron chi connectivity index (χ0n) is 11.0. The van der Waals surface area contributed by atoms with Gasteiger partial charge in [-0.25, -0.2) is 9.78 Å². The van der Waals surface area contributed by atoms with Crippen molar-refractivity contribution < 1.29 is 14.7 Å². The van der Waals surface area contributed by atoms with Gasteiger partial charge in [-0.3, -0.25) is 4.79 Å². The number of amides is 1. The van der Waals surface area contributed by atoms with E-state index in [2.05, 4.69) is 4.98 Å². The first-order valence-corrected chi connectivity index (χ1v) is 6.57. The van der Waals surface area contributed by atoms with E-state index < -0.39 is 12.0 Å². The highest BCUT2D eigenvalue weighted by Crippen LogP contribution is 2.17. The number of rotatable bonds is 5. The fraction of sp³-hybridized carbons (Fsp3) is 0.583. The third kappa shape index (κ3) is 3.53. The molecule has 0 aliphatic carbocycles. The van der Waals surface area contributed by atoms with Crippen LogP contribution in [0.1, 0.15) is 34.9 Å². The van der Waals surface area contributed by atoms with Gasteiger partial charge in [0.25, 0.3) is 5.91 Å². The van der Waals surface area contributed by atoms with Crippen LogP contribution in [0.5, 0.6) is 0 Å². The van der Waals surface area contributed by atoms with E-state index in [0.29, 0.717) is 11.3 Å². The minimum atomic E-state index is -0.971. The summed E-state index contributed by atoms with van der Waals surface area (Å²) < 4.78 is 0. The molecular weight excluding hydrogens is 252 g/mol. The lowest BCUT2D eigenvalue weighted by Gasteiger charge is -2.25. The molecule has 0 aromatic carbocycles. The number of likely N-dealkylation sites (N-methyl/N-ethyl adjacent to an activating group) is 1. The standard InChI is InChI=1S/C12H18N2O3S/c1-7(2)5-9(12(16)17)14(4)11(15)10-6-13-8(3)18-10/h6-7,9H,5H2,1-4H3,(H,16,17). The number of hydrogen-bond donors (Lipinski definition) is 1. The Kier molecular flexibility index (Phi) is 4.84. The van der Waals surface area contributed by atoms with Gasteiger partial charge in [-0.15, -0.1) is 11.3 Å². The number of aryl methyl sites for hydroxylation is 1. The van der Waals surface area contributed by atoms with E-state index in [1.807, 2.05) is 20.8 Å². The highest BCUT2D eigenvalue weighted by atomic mass is 32.1. The fourth-order valence-electron chi connectivity index (χ4n) is 1.65. The van der Waals surface area contributed by atoms with Gasteiger partial charge in [0.1, 0.15) is 10.9 Å². The highest BCUT2D eigenvalue weighted by molar-refractivity contribution is 7.13. The Labute approximate surface area is 110 Å². The molecule has 0 radical (unpaired) electrons.